The molecule has 7 heteroatoms. The van der Waals surface area contributed by atoms with E-state index in [0.717, 1.165) is 0 Å². The van der Waals surface area contributed by atoms with Crippen LogP contribution in [-0.2, 0) is 20.7 Å². The van der Waals surface area contributed by atoms with Gasteiger partial charge in [0.25, 0.3) is 0 Å². The zero-order valence-corrected chi connectivity index (χ0v) is 6.00. The second kappa shape index (κ2) is 1.95. The quantitative estimate of drug-likeness (QED) is 0.449. The normalized spacial score (nSPS) is 24.9. The van der Waals surface area contributed by atoms with Gasteiger partial charge < -0.3 is 10.3 Å². The third kappa shape index (κ3) is 1.20. The first kappa shape index (κ1) is 6.48. The highest BCUT2D eigenvalue weighted by atomic mass is 32.3. The molecule has 1 rings (SSSR count). The van der Waals surface area contributed by atoms with Crippen molar-refractivity contribution < 1.29 is 18.7 Å². The van der Waals surface area contributed by atoms with Gasteiger partial charge >= 0.3 is 25.5 Å². The number of hydrogen-bond donors (Lipinski definition) is 0. The highest BCUT2D eigenvalue weighted by Crippen LogP contribution is 2.13. The third-order valence-corrected chi connectivity index (χ3v) is 4.11. The van der Waals surface area contributed by atoms with Crippen LogP contribution in [-0.4, -0.2) is 30.7 Å². The molecule has 0 aliphatic carbocycles. The smallest absolute Gasteiger partial charge is 0.456 e. The van der Waals surface area contributed by atoms with Gasteiger partial charge in [-0.15, -0.1) is 0 Å². The Morgan fingerprint density at radius 1 is 1.50 bits per heavy atom. The van der Waals surface area contributed by atoms with Crippen LogP contribution in [0.5, 0.6) is 0 Å². The highest BCUT2D eigenvalue weighted by Gasteiger charge is 2.51. The molecule has 1 saturated heterocycles. The van der Waals surface area contributed by atoms with E-state index in [-0.39, 0.29) is 0 Å². The van der Waals surface area contributed by atoms with E-state index in [1.165, 1.54) is 7.11 Å². The molecule has 46 valence electrons. The Morgan fingerprint density at radius 2 is 2.00 bits per heavy atom. The van der Waals surface area contributed by atoms with Gasteiger partial charge in [0.2, 0.25) is 0 Å². The molecule has 1 heterocycles. The molecule has 0 aromatic rings. The summed E-state index contributed by atoms with van der Waals surface area (Å²) in [6, 6.07) is 0. The Labute approximate surface area is 51.9 Å². The molecular formula is CH3AlO5S. The lowest BCUT2D eigenvalue weighted by Crippen LogP contribution is -2.42. The lowest BCUT2D eigenvalue weighted by atomic mass is 11.8. The average Bonchev–Trinajstić information content (AvgIpc) is 1.60. The SMILES string of the molecule is C[O][Al]1[O]S(=O)(=O)[O]1. The van der Waals surface area contributed by atoms with Crippen LogP contribution in [0.4, 0.5) is 0 Å². The van der Waals surface area contributed by atoms with Crippen LogP contribution in [0.3, 0.4) is 0 Å². The van der Waals surface area contributed by atoms with Gasteiger partial charge in [-0.25, -0.2) is 0 Å². The maximum absolute atomic E-state index is 9.97. The fourth-order valence-corrected chi connectivity index (χ4v) is 2.50. The van der Waals surface area contributed by atoms with Crippen LogP contribution in [0.15, 0.2) is 0 Å². The predicted molar refractivity (Wildman–Crippen MR) is 23.9 cm³/mol. The molecular weight excluding hydrogens is 151 g/mol. The van der Waals surface area contributed by atoms with Gasteiger partial charge in [-0.3, -0.25) is 0 Å². The fourth-order valence-electron chi connectivity index (χ4n) is 0.278. The summed E-state index contributed by atoms with van der Waals surface area (Å²) in [5, 5.41) is 0. The van der Waals surface area contributed by atoms with Gasteiger partial charge in [0.05, 0.1) is 0 Å². The summed E-state index contributed by atoms with van der Waals surface area (Å²) >= 11 is -2.19. The molecule has 1 aliphatic rings. The molecule has 8 heavy (non-hydrogen) atoms. The molecule has 0 aromatic heterocycles. The highest BCUT2D eigenvalue weighted by molar-refractivity contribution is 7.86. The van der Waals surface area contributed by atoms with Crippen molar-refractivity contribution in [1.29, 1.82) is 0 Å². The standard InChI is InChI=1S/CH3O.Al.H2O4S/c1-2;;1-5(2,3)4/h1H3;;(H2,1,2,3,4)/q-1;+3;/p-2. The molecule has 0 aromatic carbocycles. The molecule has 0 N–H and O–H groups in total. The molecule has 0 unspecified atom stereocenters. The van der Waals surface area contributed by atoms with Crippen LogP contribution >= 0.6 is 0 Å². The van der Waals surface area contributed by atoms with Gasteiger partial charge in [-0.05, 0) is 0 Å². The fraction of sp³-hybridized carbons (Fsp3) is 1.00. The number of hydrogen-bond acceptors (Lipinski definition) is 5. The van der Waals surface area contributed by atoms with Crippen molar-refractivity contribution in [2.45, 2.75) is 0 Å². The van der Waals surface area contributed by atoms with E-state index in [4.69, 9.17) is 0 Å². The lowest BCUT2D eigenvalue weighted by molar-refractivity contribution is 0.178. The van der Waals surface area contributed by atoms with Crippen molar-refractivity contribution in [3.05, 3.63) is 0 Å². The van der Waals surface area contributed by atoms with Crippen molar-refractivity contribution in [2.24, 2.45) is 0 Å². The van der Waals surface area contributed by atoms with E-state index in [0.29, 0.717) is 0 Å². The van der Waals surface area contributed by atoms with Crippen LogP contribution in [0, 0.1) is 0 Å². The van der Waals surface area contributed by atoms with E-state index in [1.54, 1.807) is 0 Å². The Balaban J connectivity index is 2.43. The first-order chi connectivity index (χ1) is 3.64. The molecule has 0 radical (unpaired) electrons. The molecule has 0 atom stereocenters. The Hall–Kier alpha value is 0.362. The minimum atomic E-state index is -3.61. The van der Waals surface area contributed by atoms with Gasteiger partial charge in [-0.1, -0.05) is 0 Å². The first-order valence-electron chi connectivity index (χ1n) is 1.78. The number of rotatable bonds is 1. The van der Waals surface area contributed by atoms with Gasteiger partial charge in [0.15, 0.2) is 0 Å². The summed E-state index contributed by atoms with van der Waals surface area (Å²) in [5.74, 6) is 0. The average molecular weight is 154 g/mol. The second-order valence-corrected chi connectivity index (χ2v) is 4.53. The van der Waals surface area contributed by atoms with E-state index < -0.39 is 25.5 Å². The van der Waals surface area contributed by atoms with E-state index in [2.05, 4.69) is 10.3 Å². The molecule has 5 nitrogen and oxygen atoms in total. The van der Waals surface area contributed by atoms with Crippen LogP contribution in [0.2, 0.25) is 0 Å². The Kier molecular flexibility index (Phi) is 1.58. The summed E-state index contributed by atoms with van der Waals surface area (Å²) in [6.45, 7) is 0. The topological polar surface area (TPSA) is 61.8 Å². The van der Waals surface area contributed by atoms with Crippen molar-refractivity contribution in [3.63, 3.8) is 0 Å². The van der Waals surface area contributed by atoms with E-state index >= 15 is 0 Å². The van der Waals surface area contributed by atoms with E-state index in [1.807, 2.05) is 0 Å². The monoisotopic (exact) mass is 154 g/mol. The maximum atomic E-state index is 9.97. The maximum Gasteiger partial charge on any atom is 0.939 e. The molecule has 0 spiro atoms. The van der Waals surface area contributed by atoms with Gasteiger partial charge in [0, 0.05) is 7.11 Å². The summed E-state index contributed by atoms with van der Waals surface area (Å²) in [6.07, 6.45) is 0. The second-order valence-electron chi connectivity index (χ2n) is 1.13. The van der Waals surface area contributed by atoms with E-state index in [9.17, 15) is 8.42 Å². The van der Waals surface area contributed by atoms with Crippen molar-refractivity contribution in [1.82, 2.24) is 0 Å². The molecule has 0 bridgehead atoms. The van der Waals surface area contributed by atoms with Crippen LogP contribution in [0.25, 0.3) is 0 Å². The molecule has 1 aliphatic heterocycles. The summed E-state index contributed by atoms with van der Waals surface area (Å²) < 4.78 is 32.7. The molecule has 0 amide bonds. The van der Waals surface area contributed by atoms with Crippen molar-refractivity contribution in [2.75, 3.05) is 7.11 Å². The van der Waals surface area contributed by atoms with Crippen molar-refractivity contribution >= 4 is 25.5 Å². The minimum Gasteiger partial charge on any atom is -0.456 e. The summed E-state index contributed by atoms with van der Waals surface area (Å²) in [7, 11) is -2.27. The third-order valence-electron chi connectivity index (χ3n) is 0.585. The van der Waals surface area contributed by atoms with Crippen LogP contribution < -0.4 is 0 Å². The molecule has 1 fully saturated rings. The lowest BCUT2D eigenvalue weighted by Gasteiger charge is -2.17. The first-order valence-corrected chi connectivity index (χ1v) is 4.53. The predicted octanol–water partition coefficient (Wildman–Crippen LogP) is -1.09. The summed E-state index contributed by atoms with van der Waals surface area (Å²) in [5.41, 5.74) is 0. The van der Waals surface area contributed by atoms with Gasteiger partial charge in [-0.2, -0.15) is 8.42 Å². The zero-order chi connectivity index (χ0) is 6.20. The molecule has 0 saturated carbocycles. The minimum absolute atomic E-state index is 1.34. The Bertz CT molecular complexity index is 159. The van der Waals surface area contributed by atoms with Gasteiger partial charge in [0.1, 0.15) is 0 Å². The van der Waals surface area contributed by atoms with Crippen LogP contribution in [0.1, 0.15) is 0 Å². The zero-order valence-electron chi connectivity index (χ0n) is 4.03. The Morgan fingerprint density at radius 3 is 2.12 bits per heavy atom. The summed E-state index contributed by atoms with van der Waals surface area (Å²) in [4.78, 5) is 0. The largest absolute Gasteiger partial charge is 0.939 e. The van der Waals surface area contributed by atoms with Crippen molar-refractivity contribution in [3.8, 4) is 0 Å².